The molecule has 0 bridgehead atoms. The molecule has 1 aliphatic heterocycles. The fourth-order valence-electron chi connectivity index (χ4n) is 3.57. The van der Waals surface area contributed by atoms with E-state index in [4.69, 9.17) is 9.72 Å². The van der Waals surface area contributed by atoms with Gasteiger partial charge in [0.2, 0.25) is 5.91 Å². The standard InChI is InChI=1S/C22H23N3O3S/c1-2-28-22(27)25-13-7-8-15(14-25)20(26)23-17-10-4-3-9-16(17)21-24-18-11-5-6-12-19(18)29-21/h3-6,9-12,15H,2,7-8,13-14H2,1H3,(H,23,26)/t15-/m1/s1. The molecule has 0 spiro atoms. The second-order valence-corrected chi connectivity index (χ2v) is 8.04. The van der Waals surface area contributed by atoms with Gasteiger partial charge in [0, 0.05) is 18.7 Å². The van der Waals surface area contributed by atoms with E-state index >= 15 is 0 Å². The number of aromatic nitrogens is 1. The topological polar surface area (TPSA) is 71.5 Å². The van der Waals surface area contributed by atoms with Crippen LogP contribution in [0, 0.1) is 5.92 Å². The molecule has 1 atom stereocenters. The van der Waals surface area contributed by atoms with E-state index in [2.05, 4.69) is 5.32 Å². The molecule has 0 aliphatic carbocycles. The number of hydrogen-bond donors (Lipinski definition) is 1. The number of nitrogens with zero attached hydrogens (tertiary/aromatic N) is 2. The zero-order chi connectivity index (χ0) is 20.2. The third kappa shape index (κ3) is 4.24. The Morgan fingerprint density at radius 2 is 2.00 bits per heavy atom. The molecule has 0 saturated carbocycles. The van der Waals surface area contributed by atoms with Crippen molar-refractivity contribution in [2.45, 2.75) is 19.8 Å². The average Bonchev–Trinajstić information content (AvgIpc) is 3.18. The summed E-state index contributed by atoms with van der Waals surface area (Å²) in [6.45, 7) is 3.13. The van der Waals surface area contributed by atoms with Gasteiger partial charge in [-0.2, -0.15) is 0 Å². The van der Waals surface area contributed by atoms with Gasteiger partial charge in [-0.25, -0.2) is 9.78 Å². The van der Waals surface area contributed by atoms with Gasteiger partial charge in [0.05, 0.1) is 28.4 Å². The molecule has 1 aromatic heterocycles. The summed E-state index contributed by atoms with van der Waals surface area (Å²) >= 11 is 1.61. The quantitative estimate of drug-likeness (QED) is 0.674. The van der Waals surface area contributed by atoms with Gasteiger partial charge in [0.25, 0.3) is 0 Å². The molecule has 4 rings (SSSR count). The van der Waals surface area contributed by atoms with Crippen LogP contribution in [0.25, 0.3) is 20.8 Å². The van der Waals surface area contributed by atoms with Crippen LogP contribution in [0.1, 0.15) is 19.8 Å². The number of nitrogens with one attached hydrogen (secondary N) is 1. The maximum absolute atomic E-state index is 12.9. The predicted octanol–water partition coefficient (Wildman–Crippen LogP) is 4.77. The van der Waals surface area contributed by atoms with Crippen LogP contribution >= 0.6 is 11.3 Å². The van der Waals surface area contributed by atoms with Crippen LogP contribution in [-0.2, 0) is 9.53 Å². The second kappa shape index (κ2) is 8.61. The fourth-order valence-corrected chi connectivity index (χ4v) is 4.58. The predicted molar refractivity (Wildman–Crippen MR) is 115 cm³/mol. The van der Waals surface area contributed by atoms with Gasteiger partial charge in [-0.15, -0.1) is 11.3 Å². The first-order chi connectivity index (χ1) is 14.2. The number of rotatable bonds is 4. The maximum Gasteiger partial charge on any atom is 0.409 e. The Kier molecular flexibility index (Phi) is 5.76. The SMILES string of the molecule is CCOC(=O)N1CCC[C@@H](C(=O)Nc2ccccc2-c2nc3ccccc3s2)C1. The number of fused-ring (bicyclic) bond motifs is 1. The third-order valence-electron chi connectivity index (χ3n) is 5.03. The lowest BCUT2D eigenvalue weighted by Crippen LogP contribution is -2.44. The van der Waals surface area contributed by atoms with Crippen molar-refractivity contribution in [1.29, 1.82) is 0 Å². The van der Waals surface area contributed by atoms with E-state index in [-0.39, 0.29) is 17.9 Å². The van der Waals surface area contributed by atoms with E-state index in [0.717, 1.165) is 39.3 Å². The molecule has 1 fully saturated rings. The Morgan fingerprint density at radius 1 is 1.21 bits per heavy atom. The molecule has 1 N–H and O–H groups in total. The van der Waals surface area contributed by atoms with Crippen LogP contribution in [0.5, 0.6) is 0 Å². The van der Waals surface area contributed by atoms with Crippen molar-refractivity contribution in [3.8, 4) is 10.6 Å². The molecule has 2 aromatic carbocycles. The Bertz CT molecular complexity index is 1000. The molecule has 7 heteroatoms. The molecule has 0 radical (unpaired) electrons. The number of carbonyl (C=O) groups excluding carboxylic acids is 2. The number of hydrogen-bond acceptors (Lipinski definition) is 5. The minimum absolute atomic E-state index is 0.0763. The normalized spacial score (nSPS) is 16.6. The molecule has 29 heavy (non-hydrogen) atoms. The van der Waals surface area contributed by atoms with Crippen molar-refractivity contribution in [3.05, 3.63) is 48.5 Å². The lowest BCUT2D eigenvalue weighted by Gasteiger charge is -2.31. The van der Waals surface area contributed by atoms with Crippen LogP contribution in [0.2, 0.25) is 0 Å². The molecule has 1 aliphatic rings. The summed E-state index contributed by atoms with van der Waals surface area (Å²) in [4.78, 5) is 31.3. The molecule has 2 heterocycles. The summed E-state index contributed by atoms with van der Waals surface area (Å²) in [6.07, 6.45) is 1.20. The van der Waals surface area contributed by atoms with E-state index in [0.29, 0.717) is 19.7 Å². The highest BCUT2D eigenvalue weighted by Crippen LogP contribution is 2.34. The minimum atomic E-state index is -0.347. The molecule has 1 saturated heterocycles. The molecule has 150 valence electrons. The van der Waals surface area contributed by atoms with Gasteiger partial charge in [0.15, 0.2) is 0 Å². The highest BCUT2D eigenvalue weighted by molar-refractivity contribution is 7.21. The van der Waals surface area contributed by atoms with Crippen molar-refractivity contribution >= 4 is 39.2 Å². The molecule has 6 nitrogen and oxygen atoms in total. The summed E-state index contributed by atoms with van der Waals surface area (Å²) < 4.78 is 6.19. The lowest BCUT2D eigenvalue weighted by atomic mass is 9.97. The molecule has 0 unspecified atom stereocenters. The number of anilines is 1. The number of para-hydroxylation sites is 2. The van der Waals surface area contributed by atoms with Crippen LogP contribution in [-0.4, -0.2) is 41.6 Å². The zero-order valence-electron chi connectivity index (χ0n) is 16.3. The molecule has 2 amide bonds. The molecule has 3 aromatic rings. The van der Waals surface area contributed by atoms with Gasteiger partial charge in [0.1, 0.15) is 5.01 Å². The van der Waals surface area contributed by atoms with Crippen LogP contribution < -0.4 is 5.32 Å². The summed E-state index contributed by atoms with van der Waals surface area (Å²) in [5.74, 6) is -0.330. The number of amides is 2. The highest BCUT2D eigenvalue weighted by Gasteiger charge is 2.29. The number of carbonyl (C=O) groups is 2. The van der Waals surface area contributed by atoms with Crippen LogP contribution in [0.15, 0.2) is 48.5 Å². The Labute approximate surface area is 173 Å². The average molecular weight is 410 g/mol. The first-order valence-electron chi connectivity index (χ1n) is 9.83. The Morgan fingerprint density at radius 3 is 2.83 bits per heavy atom. The van der Waals surface area contributed by atoms with Crippen molar-refractivity contribution < 1.29 is 14.3 Å². The maximum atomic E-state index is 12.9. The Balaban J connectivity index is 1.52. The first kappa shape index (κ1) is 19.4. The van der Waals surface area contributed by atoms with Crippen molar-refractivity contribution in [2.24, 2.45) is 5.92 Å². The van der Waals surface area contributed by atoms with E-state index in [1.165, 1.54) is 0 Å². The van der Waals surface area contributed by atoms with Gasteiger partial charge in [-0.1, -0.05) is 24.3 Å². The van der Waals surface area contributed by atoms with Gasteiger partial charge >= 0.3 is 6.09 Å². The zero-order valence-corrected chi connectivity index (χ0v) is 17.1. The van der Waals surface area contributed by atoms with Crippen LogP contribution in [0.4, 0.5) is 10.5 Å². The third-order valence-corrected chi connectivity index (χ3v) is 6.10. The number of benzene rings is 2. The smallest absolute Gasteiger partial charge is 0.409 e. The van der Waals surface area contributed by atoms with E-state index in [1.54, 1.807) is 23.2 Å². The van der Waals surface area contributed by atoms with Gasteiger partial charge < -0.3 is 15.0 Å². The molecular formula is C22H23N3O3S. The lowest BCUT2D eigenvalue weighted by molar-refractivity contribution is -0.121. The van der Waals surface area contributed by atoms with Crippen molar-refractivity contribution in [1.82, 2.24) is 9.88 Å². The number of ether oxygens (including phenoxy) is 1. The largest absolute Gasteiger partial charge is 0.450 e. The summed E-state index contributed by atoms with van der Waals surface area (Å²) in [5.41, 5.74) is 2.59. The Hall–Kier alpha value is -2.93. The van der Waals surface area contributed by atoms with Crippen LogP contribution in [0.3, 0.4) is 0 Å². The minimum Gasteiger partial charge on any atom is -0.450 e. The van der Waals surface area contributed by atoms with Gasteiger partial charge in [-0.3, -0.25) is 4.79 Å². The monoisotopic (exact) mass is 409 g/mol. The summed E-state index contributed by atoms with van der Waals surface area (Å²) in [7, 11) is 0. The fraction of sp³-hybridized carbons (Fsp3) is 0.318. The van der Waals surface area contributed by atoms with Crippen molar-refractivity contribution in [2.75, 3.05) is 25.0 Å². The highest BCUT2D eigenvalue weighted by atomic mass is 32.1. The van der Waals surface area contributed by atoms with Crippen molar-refractivity contribution in [3.63, 3.8) is 0 Å². The number of likely N-dealkylation sites (tertiary alicyclic amines) is 1. The second-order valence-electron chi connectivity index (χ2n) is 7.01. The first-order valence-corrected chi connectivity index (χ1v) is 10.6. The van der Waals surface area contributed by atoms with E-state index in [1.807, 2.05) is 48.5 Å². The van der Waals surface area contributed by atoms with E-state index < -0.39 is 0 Å². The number of piperidine rings is 1. The number of thiazole rings is 1. The van der Waals surface area contributed by atoms with E-state index in [9.17, 15) is 9.59 Å². The molecular weight excluding hydrogens is 386 g/mol. The summed E-state index contributed by atoms with van der Waals surface area (Å²) in [6, 6.07) is 15.7. The summed E-state index contributed by atoms with van der Waals surface area (Å²) in [5, 5.41) is 3.94. The van der Waals surface area contributed by atoms with Gasteiger partial charge in [-0.05, 0) is 44.0 Å².